The first-order valence-electron chi connectivity index (χ1n) is 9.78. The smallest absolute Gasteiger partial charge is 0.334 e. The largest absolute Gasteiger partial charge is 0.467 e. The molecule has 1 atom stereocenters. The predicted molar refractivity (Wildman–Crippen MR) is 121 cm³/mol. The average molecular weight is 457 g/mol. The van der Waals surface area contributed by atoms with Gasteiger partial charge in [-0.3, -0.25) is 10.1 Å². The van der Waals surface area contributed by atoms with Gasteiger partial charge in [-0.15, -0.1) is 0 Å². The number of nitrogens with two attached hydrogens (primary N) is 1. The second kappa shape index (κ2) is 9.84. The number of carbonyl (C=O) groups excluding carboxylic acids is 4. The normalized spacial score (nSPS) is 15.7. The zero-order chi connectivity index (χ0) is 23.3. The molecular weight excluding hydrogens is 432 g/mol. The zero-order valence-corrected chi connectivity index (χ0v) is 18.5. The molecule has 2 aromatic rings. The van der Waals surface area contributed by atoms with E-state index in [9.17, 15) is 19.2 Å². The maximum absolute atomic E-state index is 13.6. The third-order valence-corrected chi connectivity index (χ3v) is 5.75. The van der Waals surface area contributed by atoms with E-state index < -0.39 is 35.5 Å². The van der Waals surface area contributed by atoms with Crippen LogP contribution in [0.5, 0.6) is 0 Å². The van der Waals surface area contributed by atoms with E-state index in [0.717, 1.165) is 0 Å². The summed E-state index contributed by atoms with van der Waals surface area (Å²) in [6.07, 6.45) is 1.17. The Kier molecular flexibility index (Phi) is 7.16. The lowest BCUT2D eigenvalue weighted by Gasteiger charge is -2.28. The van der Waals surface area contributed by atoms with Crippen molar-refractivity contribution in [1.29, 1.82) is 0 Å². The highest BCUT2D eigenvalue weighted by Gasteiger charge is 2.44. The molecule has 9 nitrogen and oxygen atoms in total. The molecule has 0 aliphatic carbocycles. The van der Waals surface area contributed by atoms with Gasteiger partial charge in [-0.2, -0.15) is 11.8 Å². The maximum Gasteiger partial charge on any atom is 0.334 e. The van der Waals surface area contributed by atoms with Crippen LogP contribution in [0, 0.1) is 0 Å². The van der Waals surface area contributed by atoms with Crippen molar-refractivity contribution in [2.45, 2.75) is 18.1 Å². The quantitative estimate of drug-likeness (QED) is 0.271. The third-order valence-electron chi connectivity index (χ3n) is 5.14. The molecule has 1 fully saturated rings. The van der Waals surface area contributed by atoms with E-state index in [0.29, 0.717) is 22.4 Å². The summed E-state index contributed by atoms with van der Waals surface area (Å²) >= 11 is 1.46. The molecule has 1 heterocycles. The van der Waals surface area contributed by atoms with E-state index in [4.69, 9.17) is 10.5 Å². The van der Waals surface area contributed by atoms with Gasteiger partial charge in [0.2, 0.25) is 0 Å². The second-order valence-electron chi connectivity index (χ2n) is 7.21. The number of methoxy groups -OCH3 is 1. The van der Waals surface area contributed by atoms with Crippen molar-refractivity contribution in [1.82, 2.24) is 16.0 Å². The number of imide groups is 1. The van der Waals surface area contributed by atoms with E-state index >= 15 is 0 Å². The molecule has 0 bridgehead atoms. The highest BCUT2D eigenvalue weighted by molar-refractivity contribution is 7.98. The zero-order valence-electron chi connectivity index (χ0n) is 17.6. The maximum atomic E-state index is 13.6. The molecule has 1 aliphatic heterocycles. The number of ether oxygens (including phenoxy) is 1. The first kappa shape index (κ1) is 23.3. The summed E-state index contributed by atoms with van der Waals surface area (Å²) in [6.45, 7) is 0. The van der Waals surface area contributed by atoms with Crippen molar-refractivity contribution in [3.05, 3.63) is 59.7 Å². The van der Waals surface area contributed by atoms with Crippen molar-refractivity contribution in [2.24, 2.45) is 5.73 Å². The van der Waals surface area contributed by atoms with Gasteiger partial charge < -0.3 is 21.1 Å². The summed E-state index contributed by atoms with van der Waals surface area (Å²) in [4.78, 5) is 49.5. The fourth-order valence-electron chi connectivity index (χ4n) is 3.43. The Morgan fingerprint density at radius 1 is 1.09 bits per heavy atom. The average Bonchev–Trinajstić information content (AvgIpc) is 2.81. The van der Waals surface area contributed by atoms with Crippen molar-refractivity contribution in [2.75, 3.05) is 19.1 Å². The molecule has 0 aromatic heterocycles. The topological polar surface area (TPSA) is 140 Å². The van der Waals surface area contributed by atoms with Crippen LogP contribution in [0.1, 0.15) is 28.5 Å². The lowest BCUT2D eigenvalue weighted by atomic mass is 9.83. The Hall–Kier alpha value is -3.37. The molecule has 1 unspecified atom stereocenters. The van der Waals surface area contributed by atoms with Crippen LogP contribution in [0.15, 0.2) is 48.5 Å². The fourth-order valence-corrected chi connectivity index (χ4v) is 3.96. The minimum Gasteiger partial charge on any atom is -0.467 e. The summed E-state index contributed by atoms with van der Waals surface area (Å²) in [7, 11) is 1.19. The molecule has 1 aliphatic rings. The van der Waals surface area contributed by atoms with Gasteiger partial charge in [-0.25, -0.2) is 14.4 Å². The van der Waals surface area contributed by atoms with Gasteiger partial charge >= 0.3 is 18.0 Å². The van der Waals surface area contributed by atoms with Crippen LogP contribution in [-0.4, -0.2) is 48.5 Å². The third kappa shape index (κ3) is 4.76. The predicted octanol–water partition coefficient (Wildman–Crippen LogP) is 2.18. The molecular formula is C22H24N4O5S. The van der Waals surface area contributed by atoms with Crippen molar-refractivity contribution < 1.29 is 23.9 Å². The monoisotopic (exact) mass is 456 g/mol. The first-order chi connectivity index (χ1) is 15.3. The number of carbonyl (C=O) groups is 4. The van der Waals surface area contributed by atoms with Crippen LogP contribution < -0.4 is 21.7 Å². The van der Waals surface area contributed by atoms with Crippen LogP contribution >= 0.6 is 11.8 Å². The summed E-state index contributed by atoms with van der Waals surface area (Å²) in [5.74, 6) is -0.886. The number of amides is 4. The van der Waals surface area contributed by atoms with Crippen LogP contribution in [-0.2, 0) is 9.53 Å². The Bertz CT molecular complexity index is 1030. The highest BCUT2D eigenvalue weighted by atomic mass is 32.2. The number of esters is 1. The van der Waals surface area contributed by atoms with Gasteiger partial charge in [0.1, 0.15) is 6.17 Å². The minimum absolute atomic E-state index is 0.107. The highest BCUT2D eigenvalue weighted by Crippen LogP contribution is 2.31. The lowest BCUT2D eigenvalue weighted by Crippen LogP contribution is -2.57. The molecule has 10 heteroatoms. The van der Waals surface area contributed by atoms with Crippen LogP contribution in [0.2, 0.25) is 0 Å². The second-order valence-corrected chi connectivity index (χ2v) is 8.20. The van der Waals surface area contributed by atoms with E-state index in [1.165, 1.54) is 18.9 Å². The first-order valence-corrected chi connectivity index (χ1v) is 11.2. The number of benzene rings is 2. The minimum atomic E-state index is -1.85. The molecule has 4 amide bonds. The van der Waals surface area contributed by atoms with Gasteiger partial charge in [-0.05, 0) is 41.2 Å². The van der Waals surface area contributed by atoms with Gasteiger partial charge in [0.05, 0.1) is 7.11 Å². The number of urea groups is 2. The number of thioether (sulfide) groups is 1. The molecule has 0 saturated carbocycles. The molecule has 0 spiro atoms. The summed E-state index contributed by atoms with van der Waals surface area (Å²) in [6, 6.07) is 12.6. The molecule has 0 radical (unpaired) electrons. The van der Waals surface area contributed by atoms with E-state index in [-0.39, 0.29) is 12.0 Å². The van der Waals surface area contributed by atoms with Crippen LogP contribution in [0.25, 0.3) is 11.1 Å². The number of hydrogen-bond acceptors (Lipinski definition) is 7. The standard InChI is InChI=1S/C22H24N4O5S/c1-31-19(28)22(23,10-11-32-2)17(27)15-9-8-14(18-24-20(29)26-21(30)25-18)12-16(15)13-6-4-3-5-7-13/h3-9,12,18H,10-11,23H2,1-2H3,(H3,24,25,26,29,30). The molecule has 5 N–H and O–H groups in total. The molecule has 3 rings (SSSR count). The Balaban J connectivity index is 2.10. The number of hydrogen-bond donors (Lipinski definition) is 4. The Morgan fingerprint density at radius 3 is 2.34 bits per heavy atom. The van der Waals surface area contributed by atoms with Crippen LogP contribution in [0.3, 0.4) is 0 Å². The lowest BCUT2D eigenvalue weighted by molar-refractivity contribution is -0.145. The SMILES string of the molecule is COC(=O)C(N)(CCSC)C(=O)c1ccc(C2NC(=O)NC(=O)N2)cc1-c1ccccc1. The van der Waals surface area contributed by atoms with Gasteiger partial charge in [0.15, 0.2) is 11.3 Å². The van der Waals surface area contributed by atoms with E-state index in [2.05, 4.69) is 16.0 Å². The number of Topliss-reactive ketones (excluding diaryl/α,β-unsaturated/α-hetero) is 1. The van der Waals surface area contributed by atoms with Crippen LogP contribution in [0.4, 0.5) is 9.59 Å². The Morgan fingerprint density at radius 2 is 1.75 bits per heavy atom. The number of rotatable bonds is 8. The van der Waals surface area contributed by atoms with Crippen molar-refractivity contribution in [3.63, 3.8) is 0 Å². The number of ketones is 1. The molecule has 32 heavy (non-hydrogen) atoms. The molecule has 1 saturated heterocycles. The van der Waals surface area contributed by atoms with E-state index in [1.807, 2.05) is 36.6 Å². The summed E-state index contributed by atoms with van der Waals surface area (Å²) in [5.41, 5.74) is 6.48. The van der Waals surface area contributed by atoms with Crippen molar-refractivity contribution in [3.8, 4) is 11.1 Å². The van der Waals surface area contributed by atoms with Crippen molar-refractivity contribution >= 4 is 35.6 Å². The van der Waals surface area contributed by atoms with Gasteiger partial charge in [0, 0.05) is 5.56 Å². The van der Waals surface area contributed by atoms with E-state index in [1.54, 1.807) is 18.2 Å². The van der Waals surface area contributed by atoms with Gasteiger partial charge in [0.25, 0.3) is 0 Å². The molecule has 168 valence electrons. The molecule has 2 aromatic carbocycles. The Labute approximate surface area is 189 Å². The van der Waals surface area contributed by atoms with Gasteiger partial charge in [-0.1, -0.05) is 42.5 Å². The number of nitrogens with one attached hydrogen (secondary N) is 3. The summed E-state index contributed by atoms with van der Waals surface area (Å²) in [5, 5.41) is 7.30. The summed E-state index contributed by atoms with van der Waals surface area (Å²) < 4.78 is 4.85. The fraction of sp³-hybridized carbons (Fsp3) is 0.273.